The molecule has 0 saturated heterocycles. The van der Waals surface area contributed by atoms with Crippen molar-refractivity contribution >= 4 is 71.1 Å². The van der Waals surface area contributed by atoms with Gasteiger partial charge in [0, 0.05) is 24.2 Å². The number of amides is 1. The second-order valence-corrected chi connectivity index (χ2v) is 10.4. The maximum atomic E-state index is 11.4. The van der Waals surface area contributed by atoms with Crippen LogP contribution < -0.4 is 63.4 Å². The van der Waals surface area contributed by atoms with E-state index in [0.717, 1.165) is 24.3 Å². The van der Waals surface area contributed by atoms with E-state index in [2.05, 4.69) is 38.7 Å². The van der Waals surface area contributed by atoms with Crippen LogP contribution in [0.5, 0.6) is 0 Å². The fourth-order valence-corrected chi connectivity index (χ4v) is 3.92. The quantitative estimate of drug-likeness (QED) is 0.0849. The molecule has 0 spiro atoms. The SMILES string of the molecule is C.C.CC.CC.O=C1c2nc(Cl)nc(Cl)c2CN1P.PN1Cc2nc(Cl)nc(Cl)c2C1.[Na+].[O-][I+3]([O-])([O-])[O-]. The zero-order valence-corrected chi connectivity index (χ0v) is 28.9. The van der Waals surface area contributed by atoms with E-state index in [4.69, 9.17) is 60.1 Å². The summed E-state index contributed by atoms with van der Waals surface area (Å²) in [6.07, 6.45) is 0. The van der Waals surface area contributed by atoms with Crippen LogP contribution in [0.3, 0.4) is 0 Å². The van der Waals surface area contributed by atoms with Gasteiger partial charge in [-0.3, -0.25) is 23.2 Å². The minimum Gasteiger partial charge on any atom is -0.317 e. The van der Waals surface area contributed by atoms with Crippen molar-refractivity contribution in [2.24, 2.45) is 0 Å². The second-order valence-electron chi connectivity index (χ2n) is 5.54. The number of carbonyl (C=O) groups is 1. The Labute approximate surface area is 271 Å². The van der Waals surface area contributed by atoms with Crippen LogP contribution in [0.2, 0.25) is 20.9 Å². The van der Waals surface area contributed by atoms with Crippen molar-refractivity contribution in [2.75, 3.05) is 0 Å². The summed E-state index contributed by atoms with van der Waals surface area (Å²) in [6.45, 7) is 9.95. The molecule has 0 saturated carbocycles. The van der Waals surface area contributed by atoms with Gasteiger partial charge in [0.05, 0.1) is 12.2 Å². The predicted molar refractivity (Wildman–Crippen MR) is 139 cm³/mol. The van der Waals surface area contributed by atoms with Gasteiger partial charge in [0.25, 0.3) is 5.91 Å². The molecule has 4 heterocycles. The Morgan fingerprint density at radius 1 is 0.757 bits per heavy atom. The predicted octanol–water partition coefficient (Wildman–Crippen LogP) is -4.00. The average Bonchev–Trinajstić information content (AvgIpc) is 3.24. The first-order chi connectivity index (χ1) is 15.8. The number of carbonyl (C=O) groups excluding carboxylic acids is 1. The van der Waals surface area contributed by atoms with Gasteiger partial charge < -0.3 is 4.67 Å². The summed E-state index contributed by atoms with van der Waals surface area (Å²) in [6, 6.07) is 0. The molecular formula is C18H30Cl4IN6NaO5P2. The number of nitrogens with zero attached hydrogens (tertiary/aromatic N) is 6. The molecule has 2 aromatic rings. The summed E-state index contributed by atoms with van der Waals surface area (Å²) in [7, 11) is 4.89. The van der Waals surface area contributed by atoms with E-state index in [1.165, 1.54) is 4.67 Å². The molecule has 0 radical (unpaired) electrons. The van der Waals surface area contributed by atoms with Crippen LogP contribution >= 0.6 is 65.2 Å². The van der Waals surface area contributed by atoms with Crippen LogP contribution in [-0.4, -0.2) is 35.2 Å². The molecule has 208 valence electrons. The third-order valence-corrected chi connectivity index (χ3v) is 5.20. The summed E-state index contributed by atoms with van der Waals surface area (Å²) < 4.78 is 37.9. The third-order valence-electron chi connectivity index (χ3n) is 3.45. The van der Waals surface area contributed by atoms with Crippen molar-refractivity contribution in [3.8, 4) is 0 Å². The molecule has 2 aromatic heterocycles. The Balaban J connectivity index is -0.000000212. The largest absolute Gasteiger partial charge is 1.00 e. The zero-order valence-electron chi connectivity index (χ0n) is 19.4. The maximum Gasteiger partial charge on any atom is 1.00 e. The summed E-state index contributed by atoms with van der Waals surface area (Å²) in [5.74, 6) is -0.203. The third kappa shape index (κ3) is 16.3. The van der Waals surface area contributed by atoms with Gasteiger partial charge in [-0.05, 0) is 32.6 Å². The molecule has 11 nitrogen and oxygen atoms in total. The molecule has 1 amide bonds. The van der Waals surface area contributed by atoms with Gasteiger partial charge in [-0.2, -0.15) is 0 Å². The summed E-state index contributed by atoms with van der Waals surface area (Å²) in [5, 5.41) is 0.930. The monoisotopic (exact) mass is 762 g/mol. The molecule has 37 heavy (non-hydrogen) atoms. The van der Waals surface area contributed by atoms with Crippen molar-refractivity contribution in [2.45, 2.75) is 62.2 Å². The molecule has 0 N–H and O–H groups in total. The van der Waals surface area contributed by atoms with E-state index < -0.39 is 20.1 Å². The molecule has 2 unspecified atom stereocenters. The molecule has 0 bridgehead atoms. The number of hydrogen-bond donors (Lipinski definition) is 0. The first-order valence-corrected chi connectivity index (χ1v) is 15.4. The van der Waals surface area contributed by atoms with Gasteiger partial charge in [-0.15, -0.1) is 0 Å². The van der Waals surface area contributed by atoms with Crippen LogP contribution in [-0.2, 0) is 19.6 Å². The number of aromatic nitrogens is 4. The number of rotatable bonds is 0. The van der Waals surface area contributed by atoms with Gasteiger partial charge >= 0.3 is 29.6 Å². The fraction of sp³-hybridized carbons (Fsp3) is 0.500. The Bertz CT molecular complexity index is 979. The summed E-state index contributed by atoms with van der Waals surface area (Å²) >= 11 is 16.9. The van der Waals surface area contributed by atoms with Crippen molar-refractivity contribution < 1.29 is 68.2 Å². The molecule has 0 aromatic carbocycles. The van der Waals surface area contributed by atoms with E-state index >= 15 is 0 Å². The summed E-state index contributed by atoms with van der Waals surface area (Å²) in [4.78, 5) is 26.9. The topological polar surface area (TPSA) is 167 Å². The molecule has 4 rings (SSSR count). The zero-order chi connectivity index (χ0) is 26.8. The van der Waals surface area contributed by atoms with Crippen LogP contribution in [0, 0.1) is 0 Å². The van der Waals surface area contributed by atoms with Crippen molar-refractivity contribution in [3.05, 3.63) is 43.4 Å². The molecule has 0 fully saturated rings. The van der Waals surface area contributed by atoms with Gasteiger partial charge in [0.1, 0.15) is 36.1 Å². The van der Waals surface area contributed by atoms with E-state index in [9.17, 15) is 4.79 Å². The average molecular weight is 764 g/mol. The minimum absolute atomic E-state index is 0. The van der Waals surface area contributed by atoms with E-state index in [1.807, 2.05) is 32.4 Å². The number of hydrogen-bond acceptors (Lipinski definition) is 10. The molecule has 2 atom stereocenters. The van der Waals surface area contributed by atoms with Crippen molar-refractivity contribution in [3.63, 3.8) is 0 Å². The van der Waals surface area contributed by atoms with E-state index in [-0.39, 0.29) is 66.0 Å². The van der Waals surface area contributed by atoms with Crippen LogP contribution in [0.15, 0.2) is 0 Å². The Kier molecular flexibility index (Phi) is 26.7. The smallest absolute Gasteiger partial charge is 0.317 e. The van der Waals surface area contributed by atoms with Crippen LogP contribution in [0.4, 0.5) is 0 Å². The van der Waals surface area contributed by atoms with Crippen molar-refractivity contribution in [1.82, 2.24) is 29.3 Å². The van der Waals surface area contributed by atoms with Crippen LogP contribution in [0.25, 0.3) is 0 Å². The molecule has 2 aliphatic heterocycles. The molecule has 19 heteroatoms. The van der Waals surface area contributed by atoms with Gasteiger partial charge in [0.15, 0.2) is 0 Å². The summed E-state index contributed by atoms with van der Waals surface area (Å²) in [5.41, 5.74) is 2.83. The molecular weight excluding hydrogens is 734 g/mol. The Hall–Kier alpha value is 1.18. The molecule has 2 aliphatic rings. The molecule has 0 aliphatic carbocycles. The Morgan fingerprint density at radius 3 is 1.62 bits per heavy atom. The normalized spacial score (nSPS) is 12.6. The Morgan fingerprint density at radius 2 is 1.16 bits per heavy atom. The van der Waals surface area contributed by atoms with Gasteiger partial charge in [-0.25, -0.2) is 19.9 Å². The maximum absolute atomic E-state index is 11.4. The van der Waals surface area contributed by atoms with Gasteiger partial charge in [-0.1, -0.05) is 75.1 Å². The second kappa shape index (κ2) is 21.9. The van der Waals surface area contributed by atoms with Crippen molar-refractivity contribution in [1.29, 1.82) is 0 Å². The van der Waals surface area contributed by atoms with E-state index in [0.29, 0.717) is 23.0 Å². The number of fused-ring (bicyclic) bond motifs is 2. The fourth-order valence-electron chi connectivity index (χ4n) is 2.34. The van der Waals surface area contributed by atoms with Crippen LogP contribution in [0.1, 0.15) is 69.9 Å². The minimum atomic E-state index is -5.94. The first-order valence-electron chi connectivity index (χ1n) is 9.37. The standard InChI is InChI=1S/C6H4Cl2N3OP.C6H6Cl2N3P.2C2H6.2CH4.IO4.Na/c7-4-2-1-11(13)5(12)3(2)9-6(8)10-4;7-5-3-1-11(12)2-4(3)9-6(8)10-5;2*1-2;;;2-1(3,4)5;/h1,13H2;1-2,12H2;2*1-2H3;2*1H4;;/q;;;;;;-1;+1. The first kappa shape index (κ1) is 45.2. The van der Waals surface area contributed by atoms with Gasteiger partial charge in [0.2, 0.25) is 10.6 Å². The number of halogens is 5. The van der Waals surface area contributed by atoms with E-state index in [1.54, 1.807) is 0 Å².